The molecule has 1 N–H and O–H groups in total. The van der Waals surface area contributed by atoms with Crippen LogP contribution in [0.1, 0.15) is 33.6 Å². The van der Waals surface area contributed by atoms with E-state index in [2.05, 4.69) is 20.8 Å². The number of carbonyl (C=O) groups is 2. The smallest absolute Gasteiger partial charge is 0.320 e. The highest BCUT2D eigenvalue weighted by Crippen LogP contribution is 2.34. The van der Waals surface area contributed by atoms with Gasteiger partial charge in [-0.25, -0.2) is 4.79 Å². The van der Waals surface area contributed by atoms with Crippen LogP contribution < -0.4 is 0 Å². The molecule has 0 radical (unpaired) electrons. The second kappa shape index (κ2) is 5.02. The van der Waals surface area contributed by atoms with Crippen LogP contribution in [0.5, 0.6) is 0 Å². The van der Waals surface area contributed by atoms with E-state index in [-0.39, 0.29) is 17.4 Å². The molecule has 0 aromatic heterocycles. The topological polar surface area (TPSA) is 60.9 Å². The van der Waals surface area contributed by atoms with Crippen molar-refractivity contribution in [2.75, 3.05) is 26.2 Å². The summed E-state index contributed by atoms with van der Waals surface area (Å²) in [5.41, 5.74) is 0.226. The lowest BCUT2D eigenvalue weighted by Gasteiger charge is -2.28. The first-order valence-electron chi connectivity index (χ1n) is 7.05. The molecule has 5 heteroatoms. The van der Waals surface area contributed by atoms with Gasteiger partial charge in [-0.1, -0.05) is 20.8 Å². The second-order valence-electron chi connectivity index (χ2n) is 6.85. The van der Waals surface area contributed by atoms with Gasteiger partial charge in [0.25, 0.3) is 0 Å². The molecule has 2 aliphatic rings. The largest absolute Gasteiger partial charge is 0.481 e. The average molecular weight is 268 g/mol. The van der Waals surface area contributed by atoms with Crippen molar-refractivity contribution in [2.45, 2.75) is 33.6 Å². The molecule has 0 bridgehead atoms. The maximum atomic E-state index is 12.3. The fraction of sp³-hybridized carbons (Fsp3) is 0.857. The van der Waals surface area contributed by atoms with Crippen molar-refractivity contribution in [3.8, 4) is 0 Å². The molecule has 0 aromatic carbocycles. The third kappa shape index (κ3) is 3.01. The van der Waals surface area contributed by atoms with E-state index >= 15 is 0 Å². The third-order valence-corrected chi connectivity index (χ3v) is 4.49. The average Bonchev–Trinajstić information content (AvgIpc) is 2.97. The van der Waals surface area contributed by atoms with Crippen LogP contribution in [0, 0.1) is 17.3 Å². The molecule has 0 saturated carbocycles. The van der Waals surface area contributed by atoms with Crippen molar-refractivity contribution in [3.63, 3.8) is 0 Å². The summed E-state index contributed by atoms with van der Waals surface area (Å²) >= 11 is 0. The Morgan fingerprint density at radius 2 is 1.63 bits per heavy atom. The number of carbonyl (C=O) groups excluding carboxylic acids is 1. The highest BCUT2D eigenvalue weighted by Gasteiger charge is 2.38. The first kappa shape index (κ1) is 14.2. The molecule has 0 aliphatic carbocycles. The molecule has 2 rings (SSSR count). The second-order valence-corrected chi connectivity index (χ2v) is 6.85. The Morgan fingerprint density at radius 1 is 1.05 bits per heavy atom. The molecule has 0 aromatic rings. The SMILES string of the molecule is CC(C)(C)C1CCN(C(=O)N2CCC(C(=O)O)C2)C1. The predicted octanol–water partition coefficient (Wildman–Crippen LogP) is 1.88. The van der Waals surface area contributed by atoms with E-state index in [1.54, 1.807) is 4.90 Å². The molecular formula is C14H24N2O3. The fourth-order valence-corrected chi connectivity index (χ4v) is 2.98. The zero-order valence-electron chi connectivity index (χ0n) is 12.1. The fourth-order valence-electron chi connectivity index (χ4n) is 2.98. The van der Waals surface area contributed by atoms with Crippen molar-refractivity contribution >= 4 is 12.0 Å². The predicted molar refractivity (Wildman–Crippen MR) is 71.8 cm³/mol. The van der Waals surface area contributed by atoms with Crippen LogP contribution in [0.4, 0.5) is 4.79 Å². The lowest BCUT2D eigenvalue weighted by atomic mass is 9.80. The first-order valence-corrected chi connectivity index (χ1v) is 7.05. The van der Waals surface area contributed by atoms with Gasteiger partial charge in [-0.3, -0.25) is 4.79 Å². The van der Waals surface area contributed by atoms with Gasteiger partial charge in [0.1, 0.15) is 0 Å². The molecule has 2 unspecified atom stereocenters. The van der Waals surface area contributed by atoms with Gasteiger partial charge in [0, 0.05) is 26.2 Å². The molecule has 108 valence electrons. The van der Waals surface area contributed by atoms with Crippen molar-refractivity contribution in [2.24, 2.45) is 17.3 Å². The van der Waals surface area contributed by atoms with E-state index in [0.29, 0.717) is 25.4 Å². The van der Waals surface area contributed by atoms with Gasteiger partial charge in [0.15, 0.2) is 0 Å². The van der Waals surface area contributed by atoms with Gasteiger partial charge in [-0.15, -0.1) is 0 Å². The van der Waals surface area contributed by atoms with Crippen LogP contribution in [-0.4, -0.2) is 53.1 Å². The molecule has 2 amide bonds. The summed E-state index contributed by atoms with van der Waals surface area (Å²) in [6.07, 6.45) is 1.63. The Hall–Kier alpha value is -1.26. The van der Waals surface area contributed by atoms with Gasteiger partial charge < -0.3 is 14.9 Å². The van der Waals surface area contributed by atoms with E-state index in [0.717, 1.165) is 19.5 Å². The van der Waals surface area contributed by atoms with Crippen molar-refractivity contribution in [1.82, 2.24) is 9.80 Å². The van der Waals surface area contributed by atoms with Crippen molar-refractivity contribution < 1.29 is 14.7 Å². The number of nitrogens with zero attached hydrogens (tertiary/aromatic N) is 2. The number of aliphatic carboxylic acids is 1. The number of amides is 2. The summed E-state index contributed by atoms with van der Waals surface area (Å²) in [6.45, 7) is 9.18. The maximum Gasteiger partial charge on any atom is 0.320 e. The zero-order chi connectivity index (χ0) is 14.2. The minimum atomic E-state index is -0.788. The van der Waals surface area contributed by atoms with E-state index in [1.165, 1.54) is 0 Å². The Kier molecular flexibility index (Phi) is 3.74. The normalized spacial score (nSPS) is 27.9. The van der Waals surface area contributed by atoms with Crippen LogP contribution in [0.15, 0.2) is 0 Å². The van der Waals surface area contributed by atoms with Crippen LogP contribution in [0.2, 0.25) is 0 Å². The summed E-state index contributed by atoms with van der Waals surface area (Å²) in [7, 11) is 0. The number of carboxylic acid groups (broad SMARTS) is 1. The van der Waals surface area contributed by atoms with E-state index in [4.69, 9.17) is 5.11 Å². The highest BCUT2D eigenvalue weighted by atomic mass is 16.4. The van der Waals surface area contributed by atoms with E-state index < -0.39 is 5.97 Å². The van der Waals surface area contributed by atoms with Crippen molar-refractivity contribution in [1.29, 1.82) is 0 Å². The van der Waals surface area contributed by atoms with Crippen LogP contribution in [-0.2, 0) is 4.79 Å². The maximum absolute atomic E-state index is 12.3. The minimum Gasteiger partial charge on any atom is -0.481 e. The highest BCUT2D eigenvalue weighted by molar-refractivity contribution is 5.77. The Balaban J connectivity index is 1.90. The monoisotopic (exact) mass is 268 g/mol. The lowest BCUT2D eigenvalue weighted by molar-refractivity contribution is -0.141. The number of carboxylic acids is 1. The molecule has 2 aliphatic heterocycles. The number of hydrogen-bond acceptors (Lipinski definition) is 2. The molecule has 2 heterocycles. The van der Waals surface area contributed by atoms with Crippen LogP contribution in [0.25, 0.3) is 0 Å². The first-order chi connectivity index (χ1) is 8.79. The lowest BCUT2D eigenvalue weighted by Crippen LogP contribution is -2.41. The Morgan fingerprint density at radius 3 is 2.11 bits per heavy atom. The molecule has 2 atom stereocenters. The molecular weight excluding hydrogens is 244 g/mol. The van der Waals surface area contributed by atoms with Crippen LogP contribution in [0.3, 0.4) is 0 Å². The molecule has 2 fully saturated rings. The van der Waals surface area contributed by atoms with Crippen LogP contribution >= 0.6 is 0 Å². The molecule has 5 nitrogen and oxygen atoms in total. The van der Waals surface area contributed by atoms with Gasteiger partial charge in [-0.2, -0.15) is 0 Å². The number of urea groups is 1. The molecule has 0 spiro atoms. The quantitative estimate of drug-likeness (QED) is 0.790. The number of likely N-dealkylation sites (tertiary alicyclic amines) is 2. The minimum absolute atomic E-state index is 0.0236. The zero-order valence-corrected chi connectivity index (χ0v) is 12.1. The van der Waals surface area contributed by atoms with Gasteiger partial charge >= 0.3 is 12.0 Å². The Bertz CT molecular complexity index is 375. The summed E-state index contributed by atoms with van der Waals surface area (Å²) in [4.78, 5) is 26.9. The summed E-state index contributed by atoms with van der Waals surface area (Å²) in [5.74, 6) is -0.636. The van der Waals surface area contributed by atoms with E-state index in [1.807, 2.05) is 4.90 Å². The Labute approximate surface area is 114 Å². The van der Waals surface area contributed by atoms with Gasteiger partial charge in [-0.05, 0) is 24.2 Å². The number of hydrogen-bond donors (Lipinski definition) is 1. The summed E-state index contributed by atoms with van der Waals surface area (Å²) in [5, 5.41) is 8.98. The summed E-state index contributed by atoms with van der Waals surface area (Å²) in [6, 6.07) is 0.0236. The molecule has 2 saturated heterocycles. The van der Waals surface area contributed by atoms with Crippen molar-refractivity contribution in [3.05, 3.63) is 0 Å². The standard InChI is InChI=1S/C14H24N2O3/c1-14(2,3)11-5-7-16(9-11)13(19)15-6-4-10(8-15)12(17)18/h10-11H,4-9H2,1-3H3,(H,17,18). The summed E-state index contributed by atoms with van der Waals surface area (Å²) < 4.78 is 0. The molecule has 19 heavy (non-hydrogen) atoms. The van der Waals surface area contributed by atoms with E-state index in [9.17, 15) is 9.59 Å². The number of rotatable bonds is 1. The van der Waals surface area contributed by atoms with Gasteiger partial charge in [0.05, 0.1) is 5.92 Å². The van der Waals surface area contributed by atoms with Gasteiger partial charge in [0.2, 0.25) is 0 Å². The third-order valence-electron chi connectivity index (χ3n) is 4.49.